The van der Waals surface area contributed by atoms with Gasteiger partial charge in [0.1, 0.15) is 12.2 Å². The van der Waals surface area contributed by atoms with Crippen molar-refractivity contribution in [3.63, 3.8) is 0 Å². The number of aryl methyl sites for hydroxylation is 1. The van der Waals surface area contributed by atoms with Gasteiger partial charge < -0.3 is 14.6 Å². The van der Waals surface area contributed by atoms with Crippen LogP contribution in [0.25, 0.3) is 11.2 Å². The van der Waals surface area contributed by atoms with E-state index in [9.17, 15) is 18.0 Å². The number of rotatable bonds is 7. The average molecular weight is 513 g/mol. The summed E-state index contributed by atoms with van der Waals surface area (Å²) >= 11 is 0. The van der Waals surface area contributed by atoms with E-state index < -0.39 is 17.4 Å². The van der Waals surface area contributed by atoms with Crippen molar-refractivity contribution in [3.05, 3.63) is 82.1 Å². The van der Waals surface area contributed by atoms with Crippen LogP contribution in [-0.2, 0) is 24.5 Å². The molecule has 4 heterocycles. The van der Waals surface area contributed by atoms with Crippen molar-refractivity contribution in [1.82, 2.24) is 29.0 Å². The Labute approximate surface area is 210 Å². The van der Waals surface area contributed by atoms with E-state index in [1.54, 1.807) is 12.4 Å². The van der Waals surface area contributed by atoms with Crippen LogP contribution in [0, 0.1) is 5.92 Å². The molecule has 2 fully saturated rings. The lowest BCUT2D eigenvalue weighted by Crippen LogP contribution is -2.45. The van der Waals surface area contributed by atoms with Gasteiger partial charge in [-0.2, -0.15) is 13.2 Å². The predicted octanol–water partition coefficient (Wildman–Crippen LogP) is 3.66. The maximum atomic E-state index is 14.0. The minimum absolute atomic E-state index is 0.00664. The van der Waals surface area contributed by atoms with Crippen LogP contribution in [0.1, 0.15) is 47.7 Å². The molecule has 1 saturated carbocycles. The van der Waals surface area contributed by atoms with Crippen molar-refractivity contribution in [2.75, 3.05) is 13.2 Å². The van der Waals surface area contributed by atoms with Crippen LogP contribution in [0.15, 0.2) is 53.8 Å². The highest BCUT2D eigenvalue weighted by atomic mass is 19.4. The van der Waals surface area contributed by atoms with E-state index in [1.807, 2.05) is 29.8 Å². The Bertz CT molecular complexity index is 1500. The maximum absolute atomic E-state index is 14.0. The molecule has 37 heavy (non-hydrogen) atoms. The molecule has 1 aliphatic heterocycles. The van der Waals surface area contributed by atoms with Crippen molar-refractivity contribution < 1.29 is 17.9 Å². The molecule has 1 atom stereocenters. The van der Waals surface area contributed by atoms with E-state index >= 15 is 0 Å². The molecular formula is C26H27F3N6O2. The maximum Gasteiger partial charge on any atom is 0.418 e. The second-order valence-electron chi connectivity index (χ2n) is 9.98. The molecule has 1 saturated heterocycles. The summed E-state index contributed by atoms with van der Waals surface area (Å²) in [5.74, 6) is 1.23. The van der Waals surface area contributed by atoms with E-state index in [0.29, 0.717) is 30.4 Å². The first-order valence-corrected chi connectivity index (χ1v) is 12.4. The van der Waals surface area contributed by atoms with Gasteiger partial charge in [-0.15, -0.1) is 10.2 Å². The fraction of sp³-hybridized carbons (Fsp3) is 0.423. The summed E-state index contributed by atoms with van der Waals surface area (Å²) in [5, 5.41) is 11.6. The van der Waals surface area contributed by atoms with Crippen LogP contribution < -0.4 is 11.0 Å². The average Bonchev–Trinajstić information content (AvgIpc) is 3.37. The lowest BCUT2D eigenvalue weighted by molar-refractivity contribution is -0.136. The second-order valence-corrected chi connectivity index (χ2v) is 9.98. The molecule has 1 aliphatic carbocycles. The first-order valence-electron chi connectivity index (χ1n) is 12.4. The molecule has 0 spiro atoms. The highest BCUT2D eigenvalue weighted by Crippen LogP contribution is 2.43. The molecule has 6 rings (SSSR count). The van der Waals surface area contributed by atoms with Gasteiger partial charge in [0.25, 0.3) is 0 Å². The Hall–Kier alpha value is -3.44. The molecular weight excluding hydrogens is 485 g/mol. The third kappa shape index (κ3) is 4.36. The van der Waals surface area contributed by atoms with Gasteiger partial charge in [0.2, 0.25) is 0 Å². The SMILES string of the molecule is Cn1cnnc1[C@@H](c1cccc(-n2cc3c(C(F)(F)F)cc(CNC4COC4)cn3c2=O)c1)C1CCC1. The molecule has 3 aromatic heterocycles. The number of alkyl halides is 3. The number of imidazole rings is 1. The van der Waals surface area contributed by atoms with Crippen molar-refractivity contribution in [1.29, 1.82) is 0 Å². The van der Waals surface area contributed by atoms with Gasteiger partial charge in [-0.25, -0.2) is 4.79 Å². The fourth-order valence-electron chi connectivity index (χ4n) is 5.22. The standard InChI is InChI=1S/C26H27F3N6O2/c1-33-15-31-32-24(33)23(17-4-2-5-17)18-6-3-7-20(9-18)34-12-22-21(26(27,28)29)8-16(11-35(22)25(34)36)10-30-19-13-37-14-19/h3,6-9,11-12,15,17,19,23,30H,2,4-5,10,13-14H2,1H3/t23-/m1/s1. The minimum atomic E-state index is -4.61. The van der Waals surface area contributed by atoms with Crippen molar-refractivity contribution >= 4 is 5.52 Å². The highest BCUT2D eigenvalue weighted by Gasteiger charge is 2.35. The lowest BCUT2D eigenvalue weighted by atomic mass is 9.72. The topological polar surface area (TPSA) is 78.4 Å². The molecule has 11 heteroatoms. The summed E-state index contributed by atoms with van der Waals surface area (Å²) < 4.78 is 51.5. The zero-order valence-electron chi connectivity index (χ0n) is 20.3. The van der Waals surface area contributed by atoms with E-state index in [2.05, 4.69) is 15.5 Å². The number of benzene rings is 1. The van der Waals surface area contributed by atoms with E-state index in [0.717, 1.165) is 41.1 Å². The number of fused-ring (bicyclic) bond motifs is 1. The normalized spacial score (nSPS) is 17.6. The monoisotopic (exact) mass is 512 g/mol. The quantitative estimate of drug-likeness (QED) is 0.409. The Kier molecular flexibility index (Phi) is 5.91. The number of halogens is 3. The molecule has 0 amide bonds. The molecule has 8 nitrogen and oxygen atoms in total. The van der Waals surface area contributed by atoms with Crippen molar-refractivity contribution in [2.24, 2.45) is 13.0 Å². The Balaban J connectivity index is 1.42. The van der Waals surface area contributed by atoms with Gasteiger partial charge in [0.15, 0.2) is 0 Å². The Morgan fingerprint density at radius 2 is 2.00 bits per heavy atom. The molecule has 0 unspecified atom stereocenters. The zero-order chi connectivity index (χ0) is 25.7. The van der Waals surface area contributed by atoms with Gasteiger partial charge >= 0.3 is 11.9 Å². The largest absolute Gasteiger partial charge is 0.418 e. The first-order chi connectivity index (χ1) is 17.8. The van der Waals surface area contributed by atoms with Crippen LogP contribution >= 0.6 is 0 Å². The van der Waals surface area contributed by atoms with Crippen LogP contribution in [0.4, 0.5) is 13.2 Å². The van der Waals surface area contributed by atoms with E-state index in [4.69, 9.17) is 4.74 Å². The molecule has 0 radical (unpaired) electrons. The zero-order valence-corrected chi connectivity index (χ0v) is 20.3. The van der Waals surface area contributed by atoms with Crippen molar-refractivity contribution in [2.45, 2.75) is 43.9 Å². The predicted molar refractivity (Wildman–Crippen MR) is 130 cm³/mol. The van der Waals surface area contributed by atoms with Crippen LogP contribution in [0.2, 0.25) is 0 Å². The van der Waals surface area contributed by atoms with Gasteiger partial charge in [0.05, 0.1) is 36.0 Å². The number of ether oxygens (including phenoxy) is 1. The molecule has 0 bridgehead atoms. The third-order valence-corrected chi connectivity index (χ3v) is 7.52. The smallest absolute Gasteiger partial charge is 0.378 e. The highest BCUT2D eigenvalue weighted by molar-refractivity contribution is 5.58. The Morgan fingerprint density at radius 1 is 1.19 bits per heavy atom. The number of nitrogens with one attached hydrogen (secondary N) is 1. The van der Waals surface area contributed by atoms with Crippen LogP contribution in [0.5, 0.6) is 0 Å². The summed E-state index contributed by atoms with van der Waals surface area (Å²) in [7, 11) is 1.90. The molecule has 4 aromatic rings. The van der Waals surface area contributed by atoms with E-state index in [1.165, 1.54) is 17.0 Å². The number of hydrogen-bond donors (Lipinski definition) is 1. The van der Waals surface area contributed by atoms with Crippen molar-refractivity contribution in [3.8, 4) is 5.69 Å². The number of pyridine rings is 1. The first kappa shape index (κ1) is 23.9. The van der Waals surface area contributed by atoms with Gasteiger partial charge in [-0.1, -0.05) is 18.6 Å². The van der Waals surface area contributed by atoms with Gasteiger partial charge in [-0.3, -0.25) is 8.97 Å². The summed E-state index contributed by atoms with van der Waals surface area (Å²) in [6.07, 6.45) is 3.10. The number of aromatic nitrogens is 5. The second kappa shape index (κ2) is 9.14. The van der Waals surface area contributed by atoms with E-state index in [-0.39, 0.29) is 24.0 Å². The van der Waals surface area contributed by atoms with Gasteiger partial charge in [0, 0.05) is 31.9 Å². The number of nitrogens with zero attached hydrogens (tertiary/aromatic N) is 5. The number of hydrogen-bond acceptors (Lipinski definition) is 5. The van der Waals surface area contributed by atoms with Crippen LogP contribution in [0.3, 0.4) is 0 Å². The summed E-state index contributed by atoms with van der Waals surface area (Å²) in [5.41, 5.74) is 0.289. The molecule has 194 valence electrons. The Morgan fingerprint density at radius 3 is 2.62 bits per heavy atom. The summed E-state index contributed by atoms with van der Waals surface area (Å²) in [6, 6.07) is 8.66. The summed E-state index contributed by atoms with van der Waals surface area (Å²) in [4.78, 5) is 13.4. The third-order valence-electron chi connectivity index (χ3n) is 7.52. The summed E-state index contributed by atoms with van der Waals surface area (Å²) in [6.45, 7) is 1.26. The fourth-order valence-corrected chi connectivity index (χ4v) is 5.22. The molecule has 1 aromatic carbocycles. The molecule has 1 N–H and O–H groups in total. The lowest BCUT2D eigenvalue weighted by Gasteiger charge is -2.33. The molecule has 2 aliphatic rings. The van der Waals surface area contributed by atoms with Gasteiger partial charge in [-0.05, 0) is 48.1 Å². The van der Waals surface area contributed by atoms with Crippen LogP contribution in [-0.4, -0.2) is 43.0 Å². The minimum Gasteiger partial charge on any atom is -0.378 e.